The zero-order valence-electron chi connectivity index (χ0n) is 9.45. The Hall–Kier alpha value is -1.78. The molecule has 0 atom stereocenters. The molecule has 1 aromatic carbocycles. The zero-order chi connectivity index (χ0) is 12.9. The maximum Gasteiger partial charge on any atom is 0.452 e. The minimum Gasteiger partial charge on any atom is -0.351 e. The van der Waals surface area contributed by atoms with E-state index < -0.39 is 11.9 Å². The summed E-state index contributed by atoms with van der Waals surface area (Å²) in [5.41, 5.74) is 0.777. The number of halogens is 3. The molecule has 0 amide bonds. The second-order valence-electron chi connectivity index (χ2n) is 2.94. The van der Waals surface area contributed by atoms with E-state index in [1.54, 1.807) is 30.3 Å². The van der Waals surface area contributed by atoms with Crippen molar-refractivity contribution < 1.29 is 17.7 Å². The summed E-state index contributed by atoms with van der Waals surface area (Å²) in [4.78, 5) is 0. The van der Waals surface area contributed by atoms with Crippen molar-refractivity contribution in [3.05, 3.63) is 42.2 Å². The molecule has 0 saturated carbocycles. The molecule has 0 saturated heterocycles. The van der Waals surface area contributed by atoms with E-state index in [9.17, 15) is 13.2 Å². The minimum atomic E-state index is -4.49. The summed E-state index contributed by atoms with van der Waals surface area (Å²) < 4.78 is 40.8. The average Bonchev–Trinajstić information content (AvgIpc) is 2.82. The van der Waals surface area contributed by atoms with E-state index in [2.05, 4.69) is 9.68 Å². The molecule has 0 N–H and O–H groups in total. The van der Waals surface area contributed by atoms with Gasteiger partial charge in [-0.25, -0.2) is 0 Å². The first kappa shape index (κ1) is 13.3. The highest BCUT2D eigenvalue weighted by Gasteiger charge is 2.36. The summed E-state index contributed by atoms with van der Waals surface area (Å²) in [6, 6.07) is 9.42. The van der Waals surface area contributed by atoms with E-state index in [4.69, 9.17) is 0 Å². The van der Waals surface area contributed by atoms with Crippen LogP contribution in [0.3, 0.4) is 0 Å². The van der Waals surface area contributed by atoms with Gasteiger partial charge in [0.1, 0.15) is 5.69 Å². The summed E-state index contributed by atoms with van der Waals surface area (Å²) in [5, 5.41) is 3.36. The van der Waals surface area contributed by atoms with Crippen LogP contribution in [0.4, 0.5) is 13.2 Å². The van der Waals surface area contributed by atoms with E-state index >= 15 is 0 Å². The van der Waals surface area contributed by atoms with Gasteiger partial charge >= 0.3 is 6.18 Å². The summed E-state index contributed by atoms with van der Waals surface area (Å²) >= 11 is 0. The minimum absolute atomic E-state index is 0.183. The van der Waals surface area contributed by atoms with Gasteiger partial charge in [0, 0.05) is 11.6 Å². The molecule has 2 rings (SSSR count). The molecule has 0 unspecified atom stereocenters. The lowest BCUT2D eigenvalue weighted by molar-refractivity contribution is -0.155. The van der Waals surface area contributed by atoms with Crippen LogP contribution in [-0.2, 0) is 6.18 Å². The molecular formula is C12H12F3NO. The van der Waals surface area contributed by atoms with Crippen LogP contribution >= 0.6 is 0 Å². The fourth-order valence-corrected chi connectivity index (χ4v) is 1.15. The predicted octanol–water partition coefficient (Wildman–Crippen LogP) is 4.39. The SMILES string of the molecule is CC.FC(F)(F)c1cc(-c2ccccc2)no1. The maximum atomic E-state index is 12.2. The second kappa shape index (κ2) is 5.52. The average molecular weight is 243 g/mol. The van der Waals surface area contributed by atoms with Crippen LogP contribution in [0.15, 0.2) is 40.9 Å². The number of benzene rings is 1. The van der Waals surface area contributed by atoms with Gasteiger partial charge in [-0.15, -0.1) is 0 Å². The molecule has 1 heterocycles. The van der Waals surface area contributed by atoms with E-state index in [-0.39, 0.29) is 5.69 Å². The zero-order valence-corrected chi connectivity index (χ0v) is 9.45. The van der Waals surface area contributed by atoms with Gasteiger partial charge in [-0.1, -0.05) is 49.3 Å². The molecule has 2 nitrogen and oxygen atoms in total. The highest BCUT2D eigenvalue weighted by atomic mass is 19.4. The van der Waals surface area contributed by atoms with Crippen LogP contribution in [0.1, 0.15) is 19.6 Å². The van der Waals surface area contributed by atoms with Crippen LogP contribution in [0.25, 0.3) is 11.3 Å². The molecule has 0 aliphatic carbocycles. The fourth-order valence-electron chi connectivity index (χ4n) is 1.15. The Labute approximate surface area is 97.1 Å². The third-order valence-corrected chi connectivity index (χ3v) is 1.86. The lowest BCUT2D eigenvalue weighted by Crippen LogP contribution is -2.02. The van der Waals surface area contributed by atoms with E-state index in [0.29, 0.717) is 5.56 Å². The van der Waals surface area contributed by atoms with E-state index in [0.717, 1.165) is 6.07 Å². The fraction of sp³-hybridized carbons (Fsp3) is 0.250. The first-order valence-electron chi connectivity index (χ1n) is 5.17. The standard InChI is InChI=1S/C10H6F3NO.C2H6/c11-10(12,13)9-6-8(14-15-9)7-4-2-1-3-5-7;1-2/h1-6H;1-2H3. The van der Waals surface area contributed by atoms with E-state index in [1.165, 1.54) is 0 Å². The Balaban J connectivity index is 0.000000686. The summed E-state index contributed by atoms with van der Waals surface area (Å²) in [5.74, 6) is -1.08. The van der Waals surface area contributed by atoms with Gasteiger partial charge < -0.3 is 4.52 Å². The monoisotopic (exact) mass is 243 g/mol. The molecule has 92 valence electrons. The topological polar surface area (TPSA) is 26.0 Å². The number of hydrogen-bond donors (Lipinski definition) is 0. The first-order valence-corrected chi connectivity index (χ1v) is 5.17. The summed E-state index contributed by atoms with van der Waals surface area (Å²) in [6.45, 7) is 4.00. The van der Waals surface area contributed by atoms with Crippen LogP contribution in [0.2, 0.25) is 0 Å². The lowest BCUT2D eigenvalue weighted by Gasteiger charge is -1.97. The lowest BCUT2D eigenvalue weighted by atomic mass is 10.1. The molecule has 2 aromatic rings. The van der Waals surface area contributed by atoms with Crippen molar-refractivity contribution in [2.24, 2.45) is 0 Å². The van der Waals surface area contributed by atoms with Gasteiger partial charge in [-0.05, 0) is 0 Å². The van der Waals surface area contributed by atoms with Crippen LogP contribution in [-0.4, -0.2) is 5.16 Å². The molecule has 0 bridgehead atoms. The molecule has 1 aromatic heterocycles. The van der Waals surface area contributed by atoms with Gasteiger partial charge in [0.2, 0.25) is 5.76 Å². The smallest absolute Gasteiger partial charge is 0.351 e. The Morgan fingerprint density at radius 1 is 1.06 bits per heavy atom. The van der Waals surface area contributed by atoms with Crippen LogP contribution < -0.4 is 0 Å². The third-order valence-electron chi connectivity index (χ3n) is 1.86. The Bertz CT molecular complexity index is 448. The number of hydrogen-bond acceptors (Lipinski definition) is 2. The largest absolute Gasteiger partial charge is 0.452 e. The molecule has 0 aliphatic rings. The first-order chi connectivity index (χ1) is 8.07. The van der Waals surface area contributed by atoms with Gasteiger partial charge in [-0.2, -0.15) is 13.2 Å². The van der Waals surface area contributed by atoms with Crippen molar-refractivity contribution >= 4 is 0 Å². The van der Waals surface area contributed by atoms with Crippen molar-refractivity contribution in [3.8, 4) is 11.3 Å². The Morgan fingerprint density at radius 3 is 2.12 bits per heavy atom. The molecular weight excluding hydrogens is 231 g/mol. The molecule has 17 heavy (non-hydrogen) atoms. The Morgan fingerprint density at radius 2 is 1.65 bits per heavy atom. The van der Waals surface area contributed by atoms with Crippen molar-refractivity contribution in [1.82, 2.24) is 5.16 Å². The molecule has 0 fully saturated rings. The maximum absolute atomic E-state index is 12.2. The molecule has 5 heteroatoms. The normalized spacial score (nSPS) is 10.6. The van der Waals surface area contributed by atoms with Gasteiger partial charge in [0.05, 0.1) is 0 Å². The van der Waals surface area contributed by atoms with Crippen molar-refractivity contribution in [3.63, 3.8) is 0 Å². The van der Waals surface area contributed by atoms with Crippen molar-refractivity contribution in [2.45, 2.75) is 20.0 Å². The number of nitrogens with zero attached hydrogens (tertiary/aromatic N) is 1. The summed E-state index contributed by atoms with van der Waals surface area (Å²) in [7, 11) is 0. The summed E-state index contributed by atoms with van der Waals surface area (Å²) in [6.07, 6.45) is -4.49. The Kier molecular flexibility index (Phi) is 4.31. The van der Waals surface area contributed by atoms with Crippen molar-refractivity contribution in [1.29, 1.82) is 0 Å². The van der Waals surface area contributed by atoms with Gasteiger partial charge in [-0.3, -0.25) is 0 Å². The second-order valence-corrected chi connectivity index (χ2v) is 2.94. The van der Waals surface area contributed by atoms with E-state index in [1.807, 2.05) is 13.8 Å². The quantitative estimate of drug-likeness (QED) is 0.742. The number of alkyl halides is 3. The third kappa shape index (κ3) is 3.34. The molecule has 0 aliphatic heterocycles. The highest BCUT2D eigenvalue weighted by molar-refractivity contribution is 5.58. The number of aromatic nitrogens is 1. The predicted molar refractivity (Wildman–Crippen MR) is 58.3 cm³/mol. The molecule has 0 radical (unpaired) electrons. The number of rotatable bonds is 1. The van der Waals surface area contributed by atoms with Gasteiger partial charge in [0.25, 0.3) is 0 Å². The van der Waals surface area contributed by atoms with Crippen molar-refractivity contribution in [2.75, 3.05) is 0 Å². The van der Waals surface area contributed by atoms with Crippen LogP contribution in [0, 0.1) is 0 Å². The van der Waals surface area contributed by atoms with Crippen LogP contribution in [0.5, 0.6) is 0 Å². The van der Waals surface area contributed by atoms with Gasteiger partial charge in [0.15, 0.2) is 0 Å². The molecule has 0 spiro atoms. The highest BCUT2D eigenvalue weighted by Crippen LogP contribution is 2.31.